The molecule has 1 atom stereocenters. The molecule has 166 valence electrons. The Morgan fingerprint density at radius 2 is 2.10 bits per heavy atom. The van der Waals surface area contributed by atoms with Gasteiger partial charge in [0.1, 0.15) is 0 Å². The maximum absolute atomic E-state index is 13.1. The van der Waals surface area contributed by atoms with Crippen LogP contribution in [-0.4, -0.2) is 30.1 Å². The van der Waals surface area contributed by atoms with Gasteiger partial charge in [0.2, 0.25) is 0 Å². The predicted octanol–water partition coefficient (Wildman–Crippen LogP) is 2.75. The summed E-state index contributed by atoms with van der Waals surface area (Å²) >= 11 is 0. The number of carbonyl (C=O) groups excluding carboxylic acids is 1. The number of hydrogen-bond acceptors (Lipinski definition) is 5. The van der Waals surface area contributed by atoms with Gasteiger partial charge in [-0.1, -0.05) is 0 Å². The van der Waals surface area contributed by atoms with Crippen molar-refractivity contribution in [2.24, 2.45) is 9.50 Å². The summed E-state index contributed by atoms with van der Waals surface area (Å²) in [6.07, 6.45) is 7.09. The molecule has 3 aliphatic carbocycles. The SMILES string of the molecule is CC(C)n1nc([S@@](N)(=O)=NC(=O)Nc2c3c(nc4c2CCC42CC2)CCC3)cc1CO. The lowest BCUT2D eigenvalue weighted by Crippen LogP contribution is -2.20. The predicted molar refractivity (Wildman–Crippen MR) is 116 cm³/mol. The van der Waals surface area contributed by atoms with Crippen molar-refractivity contribution in [3.63, 3.8) is 0 Å². The number of carbonyl (C=O) groups is 1. The zero-order valence-electron chi connectivity index (χ0n) is 17.8. The topological polar surface area (TPSA) is 135 Å². The standard InChI is InChI=1S/C21H28N6O3S/c1-12(2)27-13(11-28)10-17(25-27)31(22,30)26-20(29)24-18-14-4-3-5-16(14)23-19-15(18)6-7-21(19)8-9-21/h10,12,28H,3-9,11H2,1-2H3,(H3,22,23,24,26,29,30)/t31-/m0/s1. The van der Waals surface area contributed by atoms with E-state index in [0.29, 0.717) is 5.69 Å². The minimum Gasteiger partial charge on any atom is -0.390 e. The molecule has 5 rings (SSSR count). The minimum absolute atomic E-state index is 0.0116. The summed E-state index contributed by atoms with van der Waals surface area (Å²) in [6.45, 7) is 3.49. The fraction of sp³-hybridized carbons (Fsp3) is 0.571. The van der Waals surface area contributed by atoms with Crippen LogP contribution in [0.5, 0.6) is 0 Å². The number of nitrogens with two attached hydrogens (primary N) is 1. The van der Waals surface area contributed by atoms with Gasteiger partial charge in [-0.15, -0.1) is 4.36 Å². The maximum Gasteiger partial charge on any atom is 0.354 e. The van der Waals surface area contributed by atoms with Crippen molar-refractivity contribution in [1.82, 2.24) is 14.8 Å². The van der Waals surface area contributed by atoms with Gasteiger partial charge in [-0.05, 0) is 69.9 Å². The van der Waals surface area contributed by atoms with Crippen LogP contribution in [0, 0.1) is 0 Å². The van der Waals surface area contributed by atoms with Crippen molar-refractivity contribution in [2.75, 3.05) is 5.32 Å². The lowest BCUT2D eigenvalue weighted by atomic mass is 10.0. The van der Waals surface area contributed by atoms with E-state index < -0.39 is 15.9 Å². The summed E-state index contributed by atoms with van der Waals surface area (Å²) in [5, 5.41) is 22.6. The van der Waals surface area contributed by atoms with Gasteiger partial charge < -0.3 is 10.4 Å². The van der Waals surface area contributed by atoms with Gasteiger partial charge in [0.15, 0.2) is 14.9 Å². The first-order valence-electron chi connectivity index (χ1n) is 10.8. The Kier molecular flexibility index (Phi) is 4.72. The molecule has 0 radical (unpaired) electrons. The molecule has 31 heavy (non-hydrogen) atoms. The first kappa shape index (κ1) is 20.6. The Bertz CT molecular complexity index is 1200. The van der Waals surface area contributed by atoms with E-state index in [9.17, 15) is 14.1 Å². The molecule has 4 N–H and O–H groups in total. The number of aryl methyl sites for hydroxylation is 1. The van der Waals surface area contributed by atoms with Crippen LogP contribution in [0.4, 0.5) is 10.5 Å². The zero-order valence-corrected chi connectivity index (χ0v) is 18.7. The first-order chi connectivity index (χ1) is 14.7. The third-order valence-corrected chi connectivity index (χ3v) is 7.96. The van der Waals surface area contributed by atoms with E-state index >= 15 is 0 Å². The Balaban J connectivity index is 1.49. The quantitative estimate of drug-likeness (QED) is 0.666. The number of amides is 2. The first-order valence-corrected chi connectivity index (χ1v) is 12.4. The summed E-state index contributed by atoms with van der Waals surface area (Å²) in [4.78, 5) is 17.8. The molecule has 3 aliphatic rings. The van der Waals surface area contributed by atoms with E-state index in [0.717, 1.165) is 73.1 Å². The molecule has 9 nitrogen and oxygen atoms in total. The van der Waals surface area contributed by atoms with Crippen molar-refractivity contribution < 1.29 is 14.1 Å². The Labute approximate surface area is 181 Å². The van der Waals surface area contributed by atoms with E-state index in [4.69, 9.17) is 10.1 Å². The summed E-state index contributed by atoms with van der Waals surface area (Å²) < 4.78 is 18.4. The number of urea groups is 1. The molecule has 0 aliphatic heterocycles. The number of hydrogen-bond donors (Lipinski definition) is 3. The smallest absolute Gasteiger partial charge is 0.354 e. The van der Waals surface area contributed by atoms with Crippen LogP contribution in [0.3, 0.4) is 0 Å². The van der Waals surface area contributed by atoms with Crippen LogP contribution >= 0.6 is 0 Å². The number of aliphatic hydroxyl groups excluding tert-OH is 1. The Morgan fingerprint density at radius 1 is 1.32 bits per heavy atom. The lowest BCUT2D eigenvalue weighted by Gasteiger charge is -2.16. The van der Waals surface area contributed by atoms with Crippen molar-refractivity contribution in [3.05, 3.63) is 34.3 Å². The number of fused-ring (bicyclic) bond motifs is 3. The fourth-order valence-corrected chi connectivity index (χ4v) is 5.89. The van der Waals surface area contributed by atoms with Gasteiger partial charge >= 0.3 is 6.03 Å². The van der Waals surface area contributed by atoms with Crippen LogP contribution in [0.15, 0.2) is 15.5 Å². The second-order valence-corrected chi connectivity index (χ2v) is 10.9. The molecule has 0 saturated heterocycles. The summed E-state index contributed by atoms with van der Waals surface area (Å²) in [5.74, 6) is 0. The summed E-state index contributed by atoms with van der Waals surface area (Å²) in [6, 6.07) is 0.644. The zero-order chi connectivity index (χ0) is 22.0. The van der Waals surface area contributed by atoms with Crippen molar-refractivity contribution in [1.29, 1.82) is 0 Å². The highest BCUT2D eigenvalue weighted by atomic mass is 32.2. The molecule has 0 bridgehead atoms. The summed E-state index contributed by atoms with van der Waals surface area (Å²) in [5.41, 5.74) is 5.87. The van der Waals surface area contributed by atoms with Crippen LogP contribution in [0.1, 0.15) is 73.8 Å². The van der Waals surface area contributed by atoms with Crippen molar-refractivity contribution in [3.8, 4) is 0 Å². The lowest BCUT2D eigenvalue weighted by molar-refractivity contribution is 0.260. The number of pyridine rings is 1. The van der Waals surface area contributed by atoms with E-state index in [2.05, 4.69) is 14.8 Å². The second kappa shape index (κ2) is 7.11. The van der Waals surface area contributed by atoms with Crippen molar-refractivity contribution >= 4 is 21.6 Å². The molecule has 2 heterocycles. The van der Waals surface area contributed by atoms with Crippen LogP contribution in [-0.2, 0) is 41.2 Å². The van der Waals surface area contributed by atoms with Gasteiger partial charge in [-0.25, -0.2) is 14.1 Å². The van der Waals surface area contributed by atoms with E-state index in [1.807, 2.05) is 13.8 Å². The maximum atomic E-state index is 13.1. The highest BCUT2D eigenvalue weighted by Crippen LogP contribution is 2.58. The molecule has 1 saturated carbocycles. The molecule has 1 fully saturated rings. The molecule has 1 spiro atoms. The highest BCUT2D eigenvalue weighted by molar-refractivity contribution is 7.91. The molecule has 2 aromatic rings. The van der Waals surface area contributed by atoms with Crippen LogP contribution in [0.2, 0.25) is 0 Å². The molecule has 2 aromatic heterocycles. The molecule has 0 aromatic carbocycles. The molecular weight excluding hydrogens is 416 g/mol. The number of aromatic nitrogens is 3. The monoisotopic (exact) mass is 444 g/mol. The molecular formula is C21H28N6O3S. The van der Waals surface area contributed by atoms with E-state index in [1.54, 1.807) is 0 Å². The normalized spacial score (nSPS) is 19.9. The number of nitrogens with one attached hydrogen (secondary N) is 1. The van der Waals surface area contributed by atoms with E-state index in [1.165, 1.54) is 10.7 Å². The molecule has 10 heteroatoms. The van der Waals surface area contributed by atoms with Gasteiger partial charge in [0, 0.05) is 23.2 Å². The van der Waals surface area contributed by atoms with Crippen molar-refractivity contribution in [2.45, 2.75) is 81.9 Å². The Hall–Kier alpha value is -2.30. The highest BCUT2D eigenvalue weighted by Gasteiger charge is 2.51. The largest absolute Gasteiger partial charge is 0.390 e. The van der Waals surface area contributed by atoms with Gasteiger partial charge in [-0.2, -0.15) is 5.10 Å². The van der Waals surface area contributed by atoms with Crippen LogP contribution < -0.4 is 10.5 Å². The second-order valence-electron chi connectivity index (χ2n) is 9.13. The van der Waals surface area contributed by atoms with Gasteiger partial charge in [0.05, 0.1) is 23.7 Å². The fourth-order valence-electron chi connectivity index (χ4n) is 4.99. The average Bonchev–Trinajstić information content (AvgIpc) is 3.07. The van der Waals surface area contributed by atoms with Gasteiger partial charge in [-0.3, -0.25) is 9.67 Å². The van der Waals surface area contributed by atoms with Crippen LogP contribution in [0.25, 0.3) is 0 Å². The molecule has 2 amide bonds. The number of anilines is 1. The van der Waals surface area contributed by atoms with Gasteiger partial charge in [0.25, 0.3) is 0 Å². The number of nitrogens with zero attached hydrogens (tertiary/aromatic N) is 4. The summed E-state index contributed by atoms with van der Waals surface area (Å²) in [7, 11) is -3.56. The number of rotatable bonds is 4. The third kappa shape index (κ3) is 3.37. The third-order valence-electron chi connectivity index (χ3n) is 6.73. The minimum atomic E-state index is -3.56. The Morgan fingerprint density at radius 3 is 2.74 bits per heavy atom. The van der Waals surface area contributed by atoms with E-state index in [-0.39, 0.29) is 23.1 Å². The average molecular weight is 445 g/mol. The molecule has 0 unspecified atom stereocenters. The number of aliphatic hydroxyl groups is 1.